The summed E-state index contributed by atoms with van der Waals surface area (Å²) in [5.41, 5.74) is 7.11. The molecule has 0 spiro atoms. The zero-order valence-corrected chi connectivity index (χ0v) is 22.9. The minimum Gasteiger partial charge on any atom is -0.489 e. The van der Waals surface area contributed by atoms with Crippen LogP contribution in [0, 0.1) is 25.7 Å². The highest BCUT2D eigenvalue weighted by Gasteiger charge is 2.08. The molecule has 196 valence electrons. The molecule has 0 fully saturated rings. The van der Waals surface area contributed by atoms with Gasteiger partial charge in [0.1, 0.15) is 18.1 Å². The van der Waals surface area contributed by atoms with Crippen LogP contribution >= 0.6 is 11.6 Å². The van der Waals surface area contributed by atoms with Crippen LogP contribution in [0.4, 0.5) is 0 Å². The summed E-state index contributed by atoms with van der Waals surface area (Å²) in [6.07, 6.45) is 2.05. The molecular formula is C34H29ClO4. The van der Waals surface area contributed by atoms with Crippen molar-refractivity contribution < 1.29 is 19.0 Å². The molecule has 0 aliphatic carbocycles. The lowest BCUT2D eigenvalue weighted by molar-refractivity contribution is -0.142. The number of benzene rings is 4. The van der Waals surface area contributed by atoms with Crippen molar-refractivity contribution in [2.45, 2.75) is 13.8 Å². The lowest BCUT2D eigenvalue weighted by atomic mass is 9.97. The Morgan fingerprint density at radius 2 is 1.38 bits per heavy atom. The number of halogens is 1. The Morgan fingerprint density at radius 1 is 0.795 bits per heavy atom. The van der Waals surface area contributed by atoms with Gasteiger partial charge in [-0.3, -0.25) is 0 Å². The highest BCUT2D eigenvalue weighted by Crippen LogP contribution is 2.27. The molecule has 0 heterocycles. The number of aryl methyl sites for hydroxylation is 2. The van der Waals surface area contributed by atoms with Gasteiger partial charge in [0.15, 0.2) is 6.61 Å². The van der Waals surface area contributed by atoms with Gasteiger partial charge in [0.2, 0.25) is 0 Å². The van der Waals surface area contributed by atoms with E-state index in [0.717, 1.165) is 33.4 Å². The van der Waals surface area contributed by atoms with Crippen LogP contribution in [0.3, 0.4) is 0 Å². The first-order chi connectivity index (χ1) is 18.9. The number of carbonyl (C=O) groups excluding carboxylic acids is 1. The van der Waals surface area contributed by atoms with Gasteiger partial charge in [-0.2, -0.15) is 0 Å². The van der Waals surface area contributed by atoms with Gasteiger partial charge in [-0.1, -0.05) is 65.4 Å². The largest absolute Gasteiger partial charge is 0.489 e. The van der Waals surface area contributed by atoms with Crippen LogP contribution in [-0.4, -0.2) is 26.3 Å². The number of hydrogen-bond acceptors (Lipinski definition) is 4. The molecule has 0 aromatic heterocycles. The summed E-state index contributed by atoms with van der Waals surface area (Å²) in [4.78, 5) is 11.3. The molecule has 5 heteroatoms. The summed E-state index contributed by atoms with van der Waals surface area (Å²) < 4.78 is 16.2. The molecule has 0 atom stereocenters. The maximum Gasteiger partial charge on any atom is 0.343 e. The first kappa shape index (κ1) is 27.6. The maximum absolute atomic E-state index is 11.3. The number of methoxy groups -OCH3 is 1. The summed E-state index contributed by atoms with van der Waals surface area (Å²) in [5.74, 6) is 7.34. The van der Waals surface area contributed by atoms with Gasteiger partial charge in [0.25, 0.3) is 0 Å². The molecule has 0 saturated carbocycles. The van der Waals surface area contributed by atoms with Crippen LogP contribution in [0.1, 0.15) is 33.4 Å². The topological polar surface area (TPSA) is 44.8 Å². The van der Waals surface area contributed by atoms with E-state index >= 15 is 0 Å². The lowest BCUT2D eigenvalue weighted by Crippen LogP contribution is -2.13. The first-order valence-electron chi connectivity index (χ1n) is 12.5. The second-order valence-corrected chi connectivity index (χ2v) is 9.36. The Labute approximate surface area is 234 Å². The van der Waals surface area contributed by atoms with E-state index in [1.807, 2.05) is 73.7 Å². The van der Waals surface area contributed by atoms with Gasteiger partial charge in [-0.25, -0.2) is 4.79 Å². The normalized spacial score (nSPS) is 10.8. The second kappa shape index (κ2) is 13.4. The van der Waals surface area contributed by atoms with Crippen LogP contribution < -0.4 is 9.47 Å². The fourth-order valence-corrected chi connectivity index (χ4v) is 3.96. The third-order valence-electron chi connectivity index (χ3n) is 6.01. The molecule has 0 unspecified atom stereocenters. The Morgan fingerprint density at radius 3 is 1.97 bits per heavy atom. The fourth-order valence-electron chi connectivity index (χ4n) is 3.84. The summed E-state index contributed by atoms with van der Waals surface area (Å²) in [5, 5.41) is 0.682. The van der Waals surface area contributed by atoms with Gasteiger partial charge in [-0.15, -0.1) is 0 Å². The van der Waals surface area contributed by atoms with Gasteiger partial charge < -0.3 is 14.2 Å². The Hall–Kier alpha value is -4.46. The van der Waals surface area contributed by atoms with E-state index in [0.29, 0.717) is 23.1 Å². The van der Waals surface area contributed by atoms with E-state index in [4.69, 9.17) is 21.1 Å². The van der Waals surface area contributed by atoms with Crippen LogP contribution in [0.15, 0.2) is 97.1 Å². The molecule has 0 bridgehead atoms. The standard InChI is InChI=1S/C34H29ClO4/c1-24-4-6-26(7-5-24)8-9-27-10-12-28(13-11-27)32(29-14-16-30(35)17-15-29)20-21-38-31-18-19-33(25(2)22-31)39-23-34(36)37-3/h4-7,10-20,22H,21,23H2,1-3H3/b32-20-. The van der Waals surface area contributed by atoms with Crippen molar-refractivity contribution >= 4 is 23.1 Å². The quantitative estimate of drug-likeness (QED) is 0.174. The summed E-state index contributed by atoms with van der Waals surface area (Å²) in [6, 6.07) is 29.6. The molecule has 39 heavy (non-hydrogen) atoms. The third-order valence-corrected chi connectivity index (χ3v) is 6.26. The predicted octanol–water partition coefficient (Wildman–Crippen LogP) is 7.42. The minimum atomic E-state index is -0.430. The van der Waals surface area contributed by atoms with Crippen molar-refractivity contribution in [3.05, 3.63) is 135 Å². The minimum absolute atomic E-state index is 0.138. The second-order valence-electron chi connectivity index (χ2n) is 8.92. The van der Waals surface area contributed by atoms with Gasteiger partial charge >= 0.3 is 5.97 Å². The van der Waals surface area contributed by atoms with Crippen LogP contribution in [-0.2, 0) is 9.53 Å². The van der Waals surface area contributed by atoms with E-state index in [9.17, 15) is 4.79 Å². The van der Waals surface area contributed by atoms with Crippen molar-refractivity contribution in [3.63, 3.8) is 0 Å². The van der Waals surface area contributed by atoms with E-state index in [-0.39, 0.29) is 6.61 Å². The third kappa shape index (κ3) is 8.01. The van der Waals surface area contributed by atoms with Crippen molar-refractivity contribution in [1.82, 2.24) is 0 Å². The molecule has 4 nitrogen and oxygen atoms in total. The summed E-state index contributed by atoms with van der Waals surface area (Å²) >= 11 is 6.14. The average molecular weight is 537 g/mol. The van der Waals surface area contributed by atoms with Crippen LogP contribution in [0.25, 0.3) is 5.57 Å². The van der Waals surface area contributed by atoms with Crippen molar-refractivity contribution in [2.75, 3.05) is 20.3 Å². The van der Waals surface area contributed by atoms with Crippen molar-refractivity contribution in [3.8, 4) is 23.3 Å². The molecule has 4 aromatic rings. The Kier molecular flexibility index (Phi) is 9.45. The monoisotopic (exact) mass is 536 g/mol. The van der Waals surface area contributed by atoms with Gasteiger partial charge in [0.05, 0.1) is 7.11 Å². The number of ether oxygens (including phenoxy) is 3. The highest BCUT2D eigenvalue weighted by atomic mass is 35.5. The van der Waals surface area contributed by atoms with E-state index in [1.165, 1.54) is 12.7 Å². The highest BCUT2D eigenvalue weighted by molar-refractivity contribution is 6.30. The zero-order valence-electron chi connectivity index (χ0n) is 22.2. The van der Waals surface area contributed by atoms with E-state index in [1.54, 1.807) is 6.07 Å². The molecule has 0 aliphatic rings. The van der Waals surface area contributed by atoms with Crippen molar-refractivity contribution in [2.24, 2.45) is 0 Å². The van der Waals surface area contributed by atoms with Crippen molar-refractivity contribution in [1.29, 1.82) is 0 Å². The zero-order chi connectivity index (χ0) is 27.6. The summed E-state index contributed by atoms with van der Waals surface area (Å²) in [7, 11) is 1.33. The average Bonchev–Trinajstić information content (AvgIpc) is 2.95. The smallest absolute Gasteiger partial charge is 0.343 e. The van der Waals surface area contributed by atoms with E-state index < -0.39 is 5.97 Å². The number of esters is 1. The fraction of sp³-hybridized carbons (Fsp3) is 0.147. The molecule has 4 aromatic carbocycles. The first-order valence-corrected chi connectivity index (χ1v) is 12.9. The molecule has 0 N–H and O–H groups in total. The number of carbonyl (C=O) groups is 1. The lowest BCUT2D eigenvalue weighted by Gasteiger charge is -2.12. The Bertz CT molecular complexity index is 1510. The Balaban J connectivity index is 1.50. The molecular weight excluding hydrogens is 508 g/mol. The van der Waals surface area contributed by atoms with Gasteiger partial charge in [-0.05, 0) is 96.8 Å². The van der Waals surface area contributed by atoms with Crippen LogP contribution in [0.5, 0.6) is 11.5 Å². The summed E-state index contributed by atoms with van der Waals surface area (Å²) in [6.45, 7) is 4.18. The van der Waals surface area contributed by atoms with E-state index in [2.05, 4.69) is 47.8 Å². The maximum atomic E-state index is 11.3. The molecule has 0 saturated heterocycles. The molecule has 0 aliphatic heterocycles. The molecule has 4 rings (SSSR count). The number of hydrogen-bond donors (Lipinski definition) is 0. The van der Waals surface area contributed by atoms with Crippen LogP contribution in [0.2, 0.25) is 5.02 Å². The molecule has 0 amide bonds. The predicted molar refractivity (Wildman–Crippen MR) is 156 cm³/mol. The van der Waals surface area contributed by atoms with Gasteiger partial charge in [0, 0.05) is 16.1 Å². The molecule has 0 radical (unpaired) electrons. The number of rotatable bonds is 8. The SMILES string of the molecule is COC(=O)COc1ccc(OC/C=C(\c2ccc(Cl)cc2)c2ccc(C#Cc3ccc(C)cc3)cc2)cc1C.